The minimum atomic E-state index is -1.75. The normalized spacial score (nSPS) is 13.1. The number of amides is 2. The van der Waals surface area contributed by atoms with E-state index in [1.807, 2.05) is 24.3 Å². The van der Waals surface area contributed by atoms with Crippen molar-refractivity contribution < 1.29 is 61.2 Å². The van der Waals surface area contributed by atoms with Crippen LogP contribution < -0.4 is 21.5 Å². The zero-order valence-electron chi connectivity index (χ0n) is 35.6. The molecule has 0 fully saturated rings. The van der Waals surface area contributed by atoms with Crippen LogP contribution in [0, 0.1) is 12.7 Å². The molecule has 2 amide bonds. The van der Waals surface area contributed by atoms with Gasteiger partial charge in [0.25, 0.3) is 5.91 Å². The zero-order chi connectivity index (χ0) is 44.2. The number of anilines is 1. The number of nitrogens with two attached hydrogens (primary N) is 2. The van der Waals surface area contributed by atoms with Crippen molar-refractivity contribution in [2.75, 3.05) is 143 Å². The van der Waals surface area contributed by atoms with Crippen molar-refractivity contribution in [2.45, 2.75) is 24.8 Å². The fraction of sp³-hybridized carbons (Fsp3) is 0.558. The van der Waals surface area contributed by atoms with Crippen LogP contribution in [0.4, 0.5) is 10.2 Å². The number of hydrogen-bond donors (Lipinski definition) is 3. The molecule has 1 atom stereocenters. The molecule has 2 heterocycles. The van der Waals surface area contributed by atoms with Crippen LogP contribution >= 0.6 is 0 Å². The van der Waals surface area contributed by atoms with Crippen molar-refractivity contribution in [2.24, 2.45) is 5.73 Å². The van der Waals surface area contributed by atoms with Gasteiger partial charge in [0.2, 0.25) is 5.91 Å². The molecule has 1 aliphatic heterocycles. The summed E-state index contributed by atoms with van der Waals surface area (Å²) in [6.07, 6.45) is 1.79. The summed E-state index contributed by atoms with van der Waals surface area (Å²) in [5.74, 6) is -0.271. The van der Waals surface area contributed by atoms with Gasteiger partial charge < -0.3 is 68.9 Å². The van der Waals surface area contributed by atoms with Gasteiger partial charge in [0.15, 0.2) is 10.7 Å². The molecule has 4 rings (SSSR count). The summed E-state index contributed by atoms with van der Waals surface area (Å²) in [6, 6.07) is 12.2. The number of carbonyl (C=O) groups excluding carboxylic acids is 2. The molecule has 1 aromatic heterocycles. The standard InChI is InChI=1S/C43H62FN5O12S/c1-33-37(43(51)49-11-14-61-38-5-2-34(30-36(38)32-49)35-3-7-40(46)48-31-35)4-6-39(42(33)44)62(52)29-10-47-41(50)8-12-53-15-17-55-19-21-57-23-25-59-27-28-60-26-24-58-22-20-56-18-16-54-13-9-45/h2-7,30-31H,8-29,32,45H2,1H3,(H2,46,48)(H,47,50). The minimum absolute atomic E-state index is 0.000224. The quantitative estimate of drug-likeness (QED) is 0.0606. The average molecular weight is 892 g/mol. The number of carbonyl (C=O) groups is 2. The Morgan fingerprint density at radius 1 is 0.790 bits per heavy atom. The molecule has 0 bridgehead atoms. The van der Waals surface area contributed by atoms with E-state index >= 15 is 4.39 Å². The second kappa shape index (κ2) is 30.2. The van der Waals surface area contributed by atoms with Crippen molar-refractivity contribution in [3.63, 3.8) is 0 Å². The van der Waals surface area contributed by atoms with Crippen molar-refractivity contribution in [3.8, 4) is 16.9 Å². The molecule has 0 aliphatic carbocycles. The summed E-state index contributed by atoms with van der Waals surface area (Å²) in [7, 11) is 0. The highest BCUT2D eigenvalue weighted by Crippen LogP contribution is 2.31. The zero-order valence-corrected chi connectivity index (χ0v) is 36.4. The molecule has 5 N–H and O–H groups in total. The SMILES string of the molecule is Cc1c(C(=O)N2CCOc3ccc(-c4ccc(N)nc4)cc3C2)ccc([S+]([O-])CCNC(=O)CCOCCOCCOCCOCCOCCOCCOCCOCCN)c1F. The van der Waals surface area contributed by atoms with E-state index in [9.17, 15) is 14.1 Å². The Balaban J connectivity index is 0.986. The molecule has 0 saturated carbocycles. The van der Waals surface area contributed by atoms with E-state index in [1.165, 1.54) is 19.1 Å². The number of aromatic nitrogens is 1. The van der Waals surface area contributed by atoms with E-state index in [-0.39, 0.29) is 66.3 Å². The van der Waals surface area contributed by atoms with Gasteiger partial charge in [-0.3, -0.25) is 9.59 Å². The molecule has 0 radical (unpaired) electrons. The molecule has 344 valence electrons. The minimum Gasteiger partial charge on any atom is -0.611 e. The van der Waals surface area contributed by atoms with E-state index in [0.717, 1.165) is 16.7 Å². The van der Waals surface area contributed by atoms with E-state index in [1.54, 1.807) is 17.2 Å². The van der Waals surface area contributed by atoms with Crippen LogP contribution in [0.3, 0.4) is 0 Å². The van der Waals surface area contributed by atoms with Crippen molar-refractivity contribution in [1.29, 1.82) is 0 Å². The van der Waals surface area contributed by atoms with E-state index < -0.39 is 17.0 Å². The van der Waals surface area contributed by atoms with E-state index in [0.29, 0.717) is 124 Å². The van der Waals surface area contributed by atoms with Gasteiger partial charge in [-0.25, -0.2) is 9.37 Å². The molecule has 19 heteroatoms. The molecule has 62 heavy (non-hydrogen) atoms. The number of hydrogen-bond acceptors (Lipinski definition) is 15. The maximum atomic E-state index is 15.6. The maximum absolute atomic E-state index is 15.6. The number of nitrogens with one attached hydrogen (secondary N) is 1. The summed E-state index contributed by atoms with van der Waals surface area (Å²) < 4.78 is 77.9. The Labute approximate surface area is 366 Å². The molecule has 2 aromatic carbocycles. The van der Waals surface area contributed by atoms with Gasteiger partial charge in [0.05, 0.1) is 119 Å². The maximum Gasteiger partial charge on any atom is 0.254 e. The predicted molar refractivity (Wildman–Crippen MR) is 230 cm³/mol. The van der Waals surface area contributed by atoms with Gasteiger partial charge in [-0.1, -0.05) is 6.07 Å². The first kappa shape index (κ1) is 50.7. The highest BCUT2D eigenvalue weighted by molar-refractivity contribution is 7.91. The molecule has 17 nitrogen and oxygen atoms in total. The van der Waals surface area contributed by atoms with Crippen LogP contribution in [-0.2, 0) is 60.4 Å². The summed E-state index contributed by atoms with van der Waals surface area (Å²) in [4.78, 5) is 31.7. The second-order valence-corrected chi connectivity index (χ2v) is 15.3. The Morgan fingerprint density at radius 3 is 1.89 bits per heavy atom. The summed E-state index contributed by atoms with van der Waals surface area (Å²) in [5, 5.41) is 2.69. The van der Waals surface area contributed by atoms with Gasteiger partial charge in [-0.05, 0) is 60.1 Å². The molecular weight excluding hydrogens is 830 g/mol. The molecule has 1 aliphatic rings. The topological polar surface area (TPSA) is 220 Å². The number of ether oxygens (including phenoxy) is 9. The lowest BCUT2D eigenvalue weighted by atomic mass is 10.0. The van der Waals surface area contributed by atoms with Crippen molar-refractivity contribution in [1.82, 2.24) is 15.2 Å². The smallest absolute Gasteiger partial charge is 0.254 e. The highest BCUT2D eigenvalue weighted by atomic mass is 32.2. The van der Waals surface area contributed by atoms with Crippen molar-refractivity contribution >= 4 is 28.8 Å². The van der Waals surface area contributed by atoms with Gasteiger partial charge in [-0.15, -0.1) is 0 Å². The van der Waals surface area contributed by atoms with Crippen LogP contribution in [0.2, 0.25) is 0 Å². The van der Waals surface area contributed by atoms with Crippen LogP contribution in [-0.4, -0.2) is 164 Å². The number of nitrogen functional groups attached to an aromatic ring is 1. The fourth-order valence-corrected chi connectivity index (χ4v) is 7.01. The molecule has 3 aromatic rings. The Bertz CT molecular complexity index is 1750. The van der Waals surface area contributed by atoms with Crippen LogP contribution in [0.25, 0.3) is 11.1 Å². The Kier molecular flexibility index (Phi) is 24.6. The Morgan fingerprint density at radius 2 is 1.34 bits per heavy atom. The lowest BCUT2D eigenvalue weighted by Gasteiger charge is -2.22. The molecular formula is C43H62FN5O12S. The van der Waals surface area contributed by atoms with Crippen LogP contribution in [0.15, 0.2) is 53.6 Å². The molecule has 0 saturated heterocycles. The number of fused-ring (bicyclic) bond motifs is 1. The van der Waals surface area contributed by atoms with Crippen molar-refractivity contribution in [3.05, 3.63) is 71.2 Å². The summed E-state index contributed by atoms with van der Waals surface area (Å²) in [5.41, 5.74) is 13.9. The third kappa shape index (κ3) is 18.8. The third-order valence-corrected chi connectivity index (χ3v) is 10.6. The first-order chi connectivity index (χ1) is 30.3. The number of nitrogens with zero attached hydrogens (tertiary/aromatic N) is 2. The Hall–Kier alpha value is -3.99. The lowest BCUT2D eigenvalue weighted by molar-refractivity contribution is -0.122. The fourth-order valence-electron chi connectivity index (χ4n) is 5.93. The van der Waals surface area contributed by atoms with Gasteiger partial charge in [0, 0.05) is 48.0 Å². The van der Waals surface area contributed by atoms with Gasteiger partial charge in [-0.2, -0.15) is 0 Å². The van der Waals surface area contributed by atoms with Crippen LogP contribution in [0.1, 0.15) is 27.9 Å². The van der Waals surface area contributed by atoms with E-state index in [2.05, 4.69) is 10.3 Å². The number of rotatable bonds is 32. The summed E-state index contributed by atoms with van der Waals surface area (Å²) in [6.45, 7) is 9.90. The lowest BCUT2D eigenvalue weighted by Crippen LogP contribution is -2.33. The molecule has 0 spiro atoms. The first-order valence-corrected chi connectivity index (χ1v) is 22.1. The number of halogens is 1. The van der Waals surface area contributed by atoms with E-state index in [4.69, 9.17) is 54.1 Å². The number of benzene rings is 2. The predicted octanol–water partition coefficient (Wildman–Crippen LogP) is 2.52. The summed E-state index contributed by atoms with van der Waals surface area (Å²) >= 11 is -1.75. The van der Waals surface area contributed by atoms with Gasteiger partial charge >= 0.3 is 0 Å². The average Bonchev–Trinajstić information content (AvgIpc) is 3.49. The first-order valence-electron chi connectivity index (χ1n) is 20.8. The third-order valence-electron chi connectivity index (χ3n) is 9.22. The second-order valence-electron chi connectivity index (χ2n) is 13.8. The molecule has 1 unspecified atom stereocenters. The monoisotopic (exact) mass is 891 g/mol. The number of pyridine rings is 1. The van der Waals surface area contributed by atoms with Crippen LogP contribution in [0.5, 0.6) is 5.75 Å². The largest absolute Gasteiger partial charge is 0.611 e. The highest BCUT2D eigenvalue weighted by Gasteiger charge is 2.27. The van der Waals surface area contributed by atoms with Gasteiger partial charge in [0.1, 0.15) is 23.9 Å².